The highest BCUT2D eigenvalue weighted by molar-refractivity contribution is 7.80. The van der Waals surface area contributed by atoms with Crippen LogP contribution in [0.2, 0.25) is 0 Å². The molecule has 2 N–H and O–H groups in total. The van der Waals surface area contributed by atoms with Gasteiger partial charge in [0, 0.05) is 6.04 Å². The minimum Gasteiger partial charge on any atom is -0.465 e. The maximum atomic E-state index is 11.4. The SMILES string of the molecule is CCOC(=O)C1C(=S)NC(=O)NC1C. The molecule has 2 amide bonds. The van der Waals surface area contributed by atoms with E-state index < -0.39 is 11.9 Å². The zero-order chi connectivity index (χ0) is 10.7. The third-order valence-electron chi connectivity index (χ3n) is 1.92. The van der Waals surface area contributed by atoms with E-state index in [9.17, 15) is 9.59 Å². The monoisotopic (exact) mass is 216 g/mol. The van der Waals surface area contributed by atoms with Crippen LogP contribution in [-0.4, -0.2) is 29.6 Å². The highest BCUT2D eigenvalue weighted by Crippen LogP contribution is 2.11. The van der Waals surface area contributed by atoms with Crippen LogP contribution in [0.15, 0.2) is 0 Å². The molecule has 1 aliphatic rings. The Balaban J connectivity index is 2.71. The molecular weight excluding hydrogens is 204 g/mol. The molecule has 78 valence electrons. The van der Waals surface area contributed by atoms with E-state index in [1.54, 1.807) is 13.8 Å². The smallest absolute Gasteiger partial charge is 0.319 e. The van der Waals surface area contributed by atoms with Crippen molar-refractivity contribution in [2.24, 2.45) is 5.92 Å². The lowest BCUT2D eigenvalue weighted by Gasteiger charge is -2.29. The molecule has 2 atom stereocenters. The summed E-state index contributed by atoms with van der Waals surface area (Å²) in [5.74, 6) is -0.986. The van der Waals surface area contributed by atoms with E-state index in [1.807, 2.05) is 0 Å². The molecule has 0 radical (unpaired) electrons. The van der Waals surface area contributed by atoms with Gasteiger partial charge in [-0.05, 0) is 13.8 Å². The molecule has 0 aromatic heterocycles. The quantitative estimate of drug-likeness (QED) is 0.511. The molecule has 0 spiro atoms. The number of amides is 2. The van der Waals surface area contributed by atoms with Crippen molar-refractivity contribution >= 4 is 29.2 Å². The lowest BCUT2D eigenvalue weighted by molar-refractivity contribution is -0.146. The third kappa shape index (κ3) is 2.20. The van der Waals surface area contributed by atoms with Gasteiger partial charge in [0.05, 0.1) is 11.6 Å². The van der Waals surface area contributed by atoms with Crippen molar-refractivity contribution in [3.63, 3.8) is 0 Å². The number of carbonyl (C=O) groups is 2. The van der Waals surface area contributed by atoms with Gasteiger partial charge in [0.1, 0.15) is 5.92 Å². The first-order chi connectivity index (χ1) is 6.56. The molecular formula is C8H12N2O3S. The van der Waals surface area contributed by atoms with Crippen LogP contribution in [0.1, 0.15) is 13.8 Å². The van der Waals surface area contributed by atoms with E-state index in [0.29, 0.717) is 6.61 Å². The number of nitrogens with one attached hydrogen (secondary N) is 2. The summed E-state index contributed by atoms with van der Waals surface area (Å²) in [4.78, 5) is 22.6. The second-order valence-corrected chi connectivity index (χ2v) is 3.42. The van der Waals surface area contributed by atoms with Crippen LogP contribution in [0.3, 0.4) is 0 Å². The van der Waals surface area contributed by atoms with Crippen molar-refractivity contribution in [1.29, 1.82) is 0 Å². The lowest BCUT2D eigenvalue weighted by atomic mass is 10.00. The summed E-state index contributed by atoms with van der Waals surface area (Å²) in [6.45, 7) is 3.74. The number of rotatable bonds is 2. The second kappa shape index (κ2) is 4.36. The summed E-state index contributed by atoms with van der Waals surface area (Å²) in [5, 5.41) is 4.94. The van der Waals surface area contributed by atoms with Crippen LogP contribution in [0.25, 0.3) is 0 Å². The number of hydrogen-bond acceptors (Lipinski definition) is 4. The summed E-state index contributed by atoms with van der Waals surface area (Å²) in [6.07, 6.45) is 0. The predicted octanol–water partition coefficient (Wildman–Crippen LogP) is 0.194. The zero-order valence-electron chi connectivity index (χ0n) is 7.99. The largest absolute Gasteiger partial charge is 0.465 e. The van der Waals surface area contributed by atoms with Crippen molar-refractivity contribution in [2.45, 2.75) is 19.9 Å². The summed E-state index contributed by atoms with van der Waals surface area (Å²) in [7, 11) is 0. The Kier molecular flexibility index (Phi) is 3.40. The van der Waals surface area contributed by atoms with Gasteiger partial charge in [0.15, 0.2) is 0 Å². The van der Waals surface area contributed by atoms with E-state index in [4.69, 9.17) is 17.0 Å². The molecule has 6 heteroatoms. The van der Waals surface area contributed by atoms with Crippen molar-refractivity contribution in [2.75, 3.05) is 6.61 Å². The molecule has 1 aliphatic heterocycles. The Morgan fingerprint density at radius 2 is 2.29 bits per heavy atom. The van der Waals surface area contributed by atoms with Crippen molar-refractivity contribution in [3.8, 4) is 0 Å². The fourth-order valence-electron chi connectivity index (χ4n) is 1.29. The van der Waals surface area contributed by atoms with Gasteiger partial charge in [-0.25, -0.2) is 4.79 Å². The van der Waals surface area contributed by atoms with Crippen molar-refractivity contribution in [1.82, 2.24) is 10.6 Å². The fourth-order valence-corrected chi connectivity index (χ4v) is 1.68. The van der Waals surface area contributed by atoms with Crippen LogP contribution in [0.5, 0.6) is 0 Å². The Morgan fingerprint density at radius 3 is 2.79 bits per heavy atom. The minimum atomic E-state index is -0.581. The first-order valence-corrected chi connectivity index (χ1v) is 4.75. The number of urea groups is 1. The van der Waals surface area contributed by atoms with Crippen LogP contribution < -0.4 is 10.6 Å². The molecule has 0 aliphatic carbocycles. The summed E-state index contributed by atoms with van der Waals surface area (Å²) in [5.41, 5.74) is 0. The molecule has 1 rings (SSSR count). The topological polar surface area (TPSA) is 67.4 Å². The Morgan fingerprint density at radius 1 is 1.64 bits per heavy atom. The molecule has 0 aromatic carbocycles. The predicted molar refractivity (Wildman–Crippen MR) is 53.9 cm³/mol. The number of carbonyl (C=O) groups excluding carboxylic acids is 2. The van der Waals surface area contributed by atoms with Gasteiger partial charge in [-0.3, -0.25) is 4.79 Å². The van der Waals surface area contributed by atoms with Crippen LogP contribution in [0, 0.1) is 5.92 Å². The molecule has 14 heavy (non-hydrogen) atoms. The average molecular weight is 216 g/mol. The van der Waals surface area contributed by atoms with Crippen LogP contribution in [0.4, 0.5) is 4.79 Å². The van der Waals surface area contributed by atoms with E-state index in [1.165, 1.54) is 0 Å². The molecule has 0 bridgehead atoms. The Labute approximate surface area is 87.2 Å². The summed E-state index contributed by atoms with van der Waals surface area (Å²) < 4.78 is 4.84. The minimum absolute atomic E-state index is 0.222. The molecule has 0 saturated carbocycles. The number of ether oxygens (including phenoxy) is 1. The molecule has 1 saturated heterocycles. The van der Waals surface area contributed by atoms with Gasteiger partial charge in [0.2, 0.25) is 0 Å². The third-order valence-corrected chi connectivity index (χ3v) is 2.27. The Hall–Kier alpha value is -1.17. The van der Waals surface area contributed by atoms with Gasteiger partial charge in [-0.2, -0.15) is 0 Å². The maximum Gasteiger partial charge on any atom is 0.319 e. The van der Waals surface area contributed by atoms with Crippen molar-refractivity contribution in [3.05, 3.63) is 0 Å². The number of hydrogen-bond donors (Lipinski definition) is 2. The Bertz CT molecular complexity index is 280. The van der Waals surface area contributed by atoms with Gasteiger partial charge >= 0.3 is 12.0 Å². The maximum absolute atomic E-state index is 11.4. The average Bonchev–Trinajstić information content (AvgIpc) is 2.01. The van der Waals surface area contributed by atoms with Crippen LogP contribution >= 0.6 is 12.2 Å². The summed E-state index contributed by atoms with van der Waals surface area (Å²) >= 11 is 4.90. The fraction of sp³-hybridized carbons (Fsp3) is 0.625. The molecule has 5 nitrogen and oxygen atoms in total. The normalized spacial score (nSPS) is 26.4. The highest BCUT2D eigenvalue weighted by atomic mass is 32.1. The van der Waals surface area contributed by atoms with Gasteiger partial charge in [-0.1, -0.05) is 12.2 Å². The van der Waals surface area contributed by atoms with Gasteiger partial charge in [0.25, 0.3) is 0 Å². The lowest BCUT2D eigenvalue weighted by Crippen LogP contribution is -2.58. The van der Waals surface area contributed by atoms with Crippen molar-refractivity contribution < 1.29 is 14.3 Å². The van der Waals surface area contributed by atoms with Gasteiger partial charge < -0.3 is 15.4 Å². The van der Waals surface area contributed by atoms with E-state index in [0.717, 1.165) is 0 Å². The van der Waals surface area contributed by atoms with E-state index in [2.05, 4.69) is 10.6 Å². The first-order valence-electron chi connectivity index (χ1n) is 4.34. The molecule has 0 aromatic rings. The zero-order valence-corrected chi connectivity index (χ0v) is 8.81. The number of thiocarbonyl (C=S) groups is 1. The van der Waals surface area contributed by atoms with Crippen LogP contribution in [-0.2, 0) is 9.53 Å². The standard InChI is InChI=1S/C8H12N2O3S/c1-3-13-7(11)5-4(2)9-8(12)10-6(5)14/h4-5H,3H2,1-2H3,(H2,9,10,12,14). The molecule has 1 fully saturated rings. The molecule has 1 heterocycles. The number of esters is 1. The van der Waals surface area contributed by atoms with Gasteiger partial charge in [-0.15, -0.1) is 0 Å². The summed E-state index contributed by atoms with van der Waals surface area (Å²) in [6, 6.07) is -0.696. The highest BCUT2D eigenvalue weighted by Gasteiger charge is 2.36. The van der Waals surface area contributed by atoms with E-state index in [-0.39, 0.29) is 17.1 Å². The van der Waals surface area contributed by atoms with E-state index >= 15 is 0 Å². The molecule has 2 unspecified atom stereocenters. The second-order valence-electron chi connectivity index (χ2n) is 2.98. The first kappa shape index (κ1) is 10.9.